The van der Waals surface area contributed by atoms with E-state index in [1.165, 1.54) is 5.69 Å². The molecule has 1 N–H and O–H groups in total. The standard InChI is InChI=1S/C28H24Cl2N4O2S/c29-21-9-4-18(17-22(21)30)24-10-11-25(36-24)27-26(23-3-1-2-12-31-23)32-28(37)34(27)20-7-5-19(6-8-20)33-13-15-35-16-14-33/h1-12,17,26-27H,13-16H2,(H,32,37)/t26-,27+/m1/s1. The highest BCUT2D eigenvalue weighted by atomic mass is 35.5. The molecule has 0 amide bonds. The zero-order valence-electron chi connectivity index (χ0n) is 19.8. The Hall–Kier alpha value is -3.10. The maximum Gasteiger partial charge on any atom is 0.174 e. The molecule has 0 bridgehead atoms. The van der Waals surface area contributed by atoms with Crippen LogP contribution in [0.3, 0.4) is 0 Å². The normalized spacial score (nSPS) is 19.8. The number of benzene rings is 2. The molecule has 4 heterocycles. The molecule has 0 aliphatic carbocycles. The fraction of sp³-hybridized carbons (Fsp3) is 0.214. The number of pyridine rings is 1. The van der Waals surface area contributed by atoms with Gasteiger partial charge in [0.25, 0.3) is 0 Å². The van der Waals surface area contributed by atoms with Crippen LogP contribution in [0, 0.1) is 0 Å². The summed E-state index contributed by atoms with van der Waals surface area (Å²) in [7, 11) is 0. The minimum Gasteiger partial charge on any atom is -0.459 e. The Labute approximate surface area is 230 Å². The van der Waals surface area contributed by atoms with Crippen molar-refractivity contribution in [1.82, 2.24) is 10.3 Å². The molecule has 0 radical (unpaired) electrons. The Kier molecular flexibility index (Phi) is 6.78. The zero-order chi connectivity index (χ0) is 25.4. The van der Waals surface area contributed by atoms with Crippen molar-refractivity contribution in [2.24, 2.45) is 0 Å². The summed E-state index contributed by atoms with van der Waals surface area (Å²) in [4.78, 5) is 9.06. The van der Waals surface area contributed by atoms with Gasteiger partial charge in [0.2, 0.25) is 0 Å². The Morgan fingerprint density at radius 3 is 2.41 bits per heavy atom. The molecular formula is C28H24Cl2N4O2S. The SMILES string of the molecule is S=C1N[C@H](c2ccccn2)[C@H](c2ccc(-c3ccc(Cl)c(Cl)c3)o2)N1c1ccc(N2CCOCC2)cc1. The van der Waals surface area contributed by atoms with Crippen molar-refractivity contribution in [3.8, 4) is 11.3 Å². The molecule has 2 aromatic heterocycles. The predicted molar refractivity (Wildman–Crippen MR) is 152 cm³/mol. The molecule has 0 saturated carbocycles. The average molecular weight is 551 g/mol. The van der Waals surface area contributed by atoms with Gasteiger partial charge in [-0.25, -0.2) is 0 Å². The van der Waals surface area contributed by atoms with Crippen LogP contribution in [-0.2, 0) is 4.74 Å². The van der Waals surface area contributed by atoms with Crippen molar-refractivity contribution in [1.29, 1.82) is 0 Å². The third-order valence-electron chi connectivity index (χ3n) is 6.72. The number of nitrogens with zero attached hydrogens (tertiary/aromatic N) is 3. The van der Waals surface area contributed by atoms with Gasteiger partial charge in [0.05, 0.1) is 35.0 Å². The Morgan fingerprint density at radius 2 is 1.68 bits per heavy atom. The van der Waals surface area contributed by atoms with Crippen molar-refractivity contribution >= 4 is 51.9 Å². The van der Waals surface area contributed by atoms with Gasteiger partial charge in [-0.1, -0.05) is 29.3 Å². The summed E-state index contributed by atoms with van der Waals surface area (Å²) in [5.74, 6) is 1.47. The summed E-state index contributed by atoms with van der Waals surface area (Å²) in [6.45, 7) is 3.26. The summed E-state index contributed by atoms with van der Waals surface area (Å²) >= 11 is 18.2. The van der Waals surface area contributed by atoms with Crippen LogP contribution in [-0.4, -0.2) is 36.4 Å². The highest BCUT2D eigenvalue weighted by Gasteiger charge is 2.42. The summed E-state index contributed by atoms with van der Waals surface area (Å²) < 4.78 is 11.9. The molecule has 2 aromatic carbocycles. The number of anilines is 2. The molecule has 9 heteroatoms. The van der Waals surface area contributed by atoms with Crippen molar-refractivity contribution < 1.29 is 9.15 Å². The quantitative estimate of drug-likeness (QED) is 0.279. The van der Waals surface area contributed by atoms with E-state index in [0.29, 0.717) is 20.9 Å². The second kappa shape index (κ2) is 10.3. The molecule has 2 aliphatic rings. The van der Waals surface area contributed by atoms with Crippen LogP contribution >= 0.6 is 35.4 Å². The molecular weight excluding hydrogens is 527 g/mol. The lowest BCUT2D eigenvalue weighted by Gasteiger charge is -2.30. The molecule has 6 nitrogen and oxygen atoms in total. The summed E-state index contributed by atoms with van der Waals surface area (Å²) in [5, 5.41) is 5.08. The maximum absolute atomic E-state index is 6.43. The van der Waals surface area contributed by atoms with E-state index in [2.05, 4.69) is 44.4 Å². The lowest BCUT2D eigenvalue weighted by molar-refractivity contribution is 0.122. The summed E-state index contributed by atoms with van der Waals surface area (Å²) in [5.41, 5.74) is 3.88. The van der Waals surface area contributed by atoms with Crippen LogP contribution in [0.2, 0.25) is 10.0 Å². The molecule has 37 heavy (non-hydrogen) atoms. The lowest BCUT2D eigenvalue weighted by atomic mass is 10.0. The Bertz CT molecular complexity index is 1410. The highest BCUT2D eigenvalue weighted by Crippen LogP contribution is 2.43. The number of ether oxygens (including phenoxy) is 1. The molecule has 4 aromatic rings. The largest absolute Gasteiger partial charge is 0.459 e. The molecule has 2 atom stereocenters. The summed E-state index contributed by atoms with van der Waals surface area (Å²) in [6.07, 6.45) is 1.79. The first-order chi connectivity index (χ1) is 18.1. The molecule has 2 fully saturated rings. The highest BCUT2D eigenvalue weighted by molar-refractivity contribution is 7.80. The van der Waals surface area contributed by atoms with E-state index < -0.39 is 0 Å². The van der Waals surface area contributed by atoms with E-state index in [9.17, 15) is 0 Å². The van der Waals surface area contributed by atoms with Crippen LogP contribution in [0.1, 0.15) is 23.5 Å². The summed E-state index contributed by atoms with van der Waals surface area (Å²) in [6, 6.07) is 23.3. The topological polar surface area (TPSA) is 53.8 Å². The number of nitrogens with one attached hydrogen (secondary N) is 1. The molecule has 0 unspecified atom stereocenters. The molecule has 2 saturated heterocycles. The Balaban J connectivity index is 1.37. The van der Waals surface area contributed by atoms with E-state index in [4.69, 9.17) is 44.6 Å². The molecule has 188 valence electrons. The van der Waals surface area contributed by atoms with Gasteiger partial charge in [-0.05, 0) is 78.9 Å². The third-order valence-corrected chi connectivity index (χ3v) is 7.78. The third kappa shape index (κ3) is 4.80. The fourth-order valence-corrected chi connectivity index (χ4v) is 5.53. The van der Waals surface area contributed by atoms with Gasteiger partial charge in [-0.15, -0.1) is 0 Å². The predicted octanol–water partition coefficient (Wildman–Crippen LogP) is 6.66. The van der Waals surface area contributed by atoms with Crippen molar-refractivity contribution in [3.63, 3.8) is 0 Å². The number of rotatable bonds is 5. The van der Waals surface area contributed by atoms with E-state index in [1.807, 2.05) is 42.5 Å². The molecule has 6 rings (SSSR count). The van der Waals surface area contributed by atoms with E-state index in [1.54, 1.807) is 12.3 Å². The maximum atomic E-state index is 6.43. The number of hydrogen-bond donors (Lipinski definition) is 1. The van der Waals surface area contributed by atoms with Gasteiger partial charge in [0.15, 0.2) is 5.11 Å². The first kappa shape index (κ1) is 24.2. The second-order valence-electron chi connectivity index (χ2n) is 8.94. The lowest BCUT2D eigenvalue weighted by Crippen LogP contribution is -2.36. The first-order valence-electron chi connectivity index (χ1n) is 12.1. The van der Waals surface area contributed by atoms with Gasteiger partial charge >= 0.3 is 0 Å². The zero-order valence-corrected chi connectivity index (χ0v) is 22.1. The van der Waals surface area contributed by atoms with Gasteiger partial charge in [-0.3, -0.25) is 4.98 Å². The van der Waals surface area contributed by atoms with Crippen LogP contribution in [0.25, 0.3) is 11.3 Å². The number of morpholine rings is 1. The number of halogens is 2. The average Bonchev–Trinajstić information content (AvgIpc) is 3.56. The van der Waals surface area contributed by atoms with Gasteiger partial charge in [0, 0.05) is 36.2 Å². The van der Waals surface area contributed by atoms with E-state index >= 15 is 0 Å². The van der Waals surface area contributed by atoms with Crippen LogP contribution in [0.5, 0.6) is 0 Å². The Morgan fingerprint density at radius 1 is 0.892 bits per heavy atom. The van der Waals surface area contributed by atoms with Crippen LogP contribution in [0.15, 0.2) is 83.4 Å². The molecule has 2 aliphatic heterocycles. The van der Waals surface area contributed by atoms with E-state index in [-0.39, 0.29) is 12.1 Å². The van der Waals surface area contributed by atoms with Crippen molar-refractivity contribution in [2.45, 2.75) is 12.1 Å². The first-order valence-corrected chi connectivity index (χ1v) is 13.2. The smallest absolute Gasteiger partial charge is 0.174 e. The van der Waals surface area contributed by atoms with E-state index in [0.717, 1.165) is 49.0 Å². The fourth-order valence-electron chi connectivity index (χ4n) is 4.88. The minimum absolute atomic E-state index is 0.194. The second-order valence-corrected chi connectivity index (χ2v) is 10.1. The molecule has 0 spiro atoms. The number of thiocarbonyl (C=S) groups is 1. The van der Waals surface area contributed by atoms with Gasteiger partial charge < -0.3 is 24.3 Å². The number of furan rings is 1. The minimum atomic E-state index is -0.242. The van der Waals surface area contributed by atoms with Crippen LogP contribution in [0.4, 0.5) is 11.4 Å². The van der Waals surface area contributed by atoms with Crippen molar-refractivity contribution in [3.05, 3.63) is 100 Å². The number of hydrogen-bond acceptors (Lipinski definition) is 5. The van der Waals surface area contributed by atoms with Gasteiger partial charge in [-0.2, -0.15) is 0 Å². The monoisotopic (exact) mass is 550 g/mol. The van der Waals surface area contributed by atoms with Gasteiger partial charge in [0.1, 0.15) is 17.6 Å². The van der Waals surface area contributed by atoms with Crippen molar-refractivity contribution in [2.75, 3.05) is 36.1 Å². The van der Waals surface area contributed by atoms with Crippen LogP contribution < -0.4 is 15.1 Å². The number of aromatic nitrogens is 1.